The molecule has 17 heteroatoms. The van der Waals surface area contributed by atoms with Gasteiger partial charge in [0.1, 0.15) is 29.9 Å². The molecule has 1 atom stereocenters. The van der Waals surface area contributed by atoms with Gasteiger partial charge in [-0.3, -0.25) is 44.0 Å². The largest absolute Gasteiger partial charge is 0.485 e. The number of fused-ring (bicyclic) bond motifs is 2. The van der Waals surface area contributed by atoms with E-state index in [4.69, 9.17) is 28.5 Å². The fourth-order valence-electron chi connectivity index (χ4n) is 7.93. The molecule has 0 aliphatic carbocycles. The molecule has 1 unspecified atom stereocenters. The van der Waals surface area contributed by atoms with E-state index in [9.17, 15) is 28.8 Å². The van der Waals surface area contributed by atoms with Gasteiger partial charge < -0.3 is 27.9 Å². The van der Waals surface area contributed by atoms with E-state index in [1.165, 1.54) is 12.1 Å². The highest BCUT2D eigenvalue weighted by Gasteiger charge is 2.46. The van der Waals surface area contributed by atoms with Crippen molar-refractivity contribution in [3.63, 3.8) is 0 Å². The molecule has 17 nitrogen and oxygen atoms in total. The number of ether oxygens (including phenoxy) is 4. The van der Waals surface area contributed by atoms with E-state index in [1.54, 1.807) is 18.5 Å². The van der Waals surface area contributed by atoms with Gasteiger partial charge in [-0.2, -0.15) is 0 Å². The number of piperidine rings is 1. The molecule has 5 heterocycles. The highest BCUT2D eigenvalue weighted by atomic mass is 16.5. The van der Waals surface area contributed by atoms with E-state index in [0.29, 0.717) is 71.7 Å². The summed E-state index contributed by atoms with van der Waals surface area (Å²) in [4.78, 5) is 85.5. The number of nitrogens with zero attached hydrogens (tertiary/aromatic N) is 5. The minimum absolute atomic E-state index is 0.00582. The first-order valence-electron chi connectivity index (χ1n) is 21.7. The Labute approximate surface area is 369 Å². The van der Waals surface area contributed by atoms with Gasteiger partial charge in [0.05, 0.1) is 60.8 Å². The summed E-state index contributed by atoms with van der Waals surface area (Å²) >= 11 is 0. The summed E-state index contributed by atoms with van der Waals surface area (Å²) in [6, 6.07) is 11.6. The van der Waals surface area contributed by atoms with Gasteiger partial charge >= 0.3 is 0 Å². The maximum atomic E-state index is 13.2. The van der Waals surface area contributed by atoms with Crippen molar-refractivity contribution < 1.29 is 52.2 Å². The van der Waals surface area contributed by atoms with E-state index in [1.807, 2.05) is 48.7 Å². The molecule has 5 aromatic rings. The van der Waals surface area contributed by atoms with Crippen LogP contribution in [0.5, 0.6) is 5.75 Å². The number of aryl methyl sites for hydroxylation is 3. The SMILES string of the molecule is Cc1noc(C)c1-c1ccc(-c2nc3cnccn3c2CCC(=O)CCCCOCCOCCOCCCCC(=O)COc2cccc3c2C(=O)N(C2CCC(=O)NC2=O)C3=O)cc1. The molecule has 3 aromatic heterocycles. The molecule has 0 radical (unpaired) electrons. The number of nitrogens with one attached hydrogen (secondary N) is 1. The van der Waals surface area contributed by atoms with E-state index >= 15 is 0 Å². The monoisotopic (exact) mass is 876 g/mol. The van der Waals surface area contributed by atoms with Crippen LogP contribution < -0.4 is 10.1 Å². The number of ketones is 2. The molecule has 1 N–H and O–H groups in total. The molecular formula is C47H52N6O11. The van der Waals surface area contributed by atoms with E-state index in [0.717, 1.165) is 62.9 Å². The predicted octanol–water partition coefficient (Wildman–Crippen LogP) is 5.61. The molecule has 0 bridgehead atoms. The normalized spacial score (nSPS) is 15.0. The Morgan fingerprint density at radius 2 is 1.48 bits per heavy atom. The third kappa shape index (κ3) is 11.0. The Hall–Kier alpha value is -6.43. The van der Waals surface area contributed by atoms with Crippen molar-refractivity contribution in [1.82, 2.24) is 29.7 Å². The van der Waals surface area contributed by atoms with Crippen molar-refractivity contribution in [2.45, 2.75) is 84.1 Å². The van der Waals surface area contributed by atoms with Crippen LogP contribution in [0.4, 0.5) is 0 Å². The number of imidazole rings is 1. The van der Waals surface area contributed by atoms with Gasteiger partial charge in [-0.15, -0.1) is 0 Å². The maximum Gasteiger partial charge on any atom is 0.266 e. The van der Waals surface area contributed by atoms with Crippen LogP contribution in [0.15, 0.2) is 65.6 Å². The second kappa shape index (κ2) is 21.8. The number of benzene rings is 2. The maximum absolute atomic E-state index is 13.2. The van der Waals surface area contributed by atoms with Crippen molar-refractivity contribution in [2.75, 3.05) is 46.2 Å². The van der Waals surface area contributed by atoms with Gasteiger partial charge in [0, 0.05) is 62.4 Å². The van der Waals surface area contributed by atoms with Crippen LogP contribution in [0.25, 0.3) is 28.0 Å². The van der Waals surface area contributed by atoms with Crippen molar-refractivity contribution in [1.29, 1.82) is 0 Å². The molecule has 0 spiro atoms. The fraction of sp³-hybridized carbons (Fsp3) is 0.426. The zero-order valence-electron chi connectivity index (χ0n) is 36.1. The Kier molecular flexibility index (Phi) is 15.5. The average Bonchev–Trinajstić information content (AvgIpc) is 3.92. The molecule has 0 saturated carbocycles. The molecule has 2 aliphatic heterocycles. The van der Waals surface area contributed by atoms with Crippen molar-refractivity contribution in [3.8, 4) is 28.1 Å². The Morgan fingerprint density at radius 3 is 2.17 bits per heavy atom. The van der Waals surface area contributed by atoms with Gasteiger partial charge in [0.25, 0.3) is 11.8 Å². The summed E-state index contributed by atoms with van der Waals surface area (Å²) in [7, 11) is 0. The number of carbonyl (C=O) groups excluding carboxylic acids is 6. The first-order valence-corrected chi connectivity index (χ1v) is 21.7. The summed E-state index contributed by atoms with van der Waals surface area (Å²) in [5.74, 6) is -1.60. The smallest absolute Gasteiger partial charge is 0.266 e. The Morgan fingerprint density at radius 1 is 0.797 bits per heavy atom. The van der Waals surface area contributed by atoms with E-state index in [-0.39, 0.29) is 54.3 Å². The first kappa shape index (κ1) is 45.6. The standard InChI is InChI=1S/C47H52N6O11/c1-30-42(31(2)64-51-30)32-12-14-33(15-13-32)44-37(52-21-20-48-28-40(52)49-44)17-16-34(54)8-3-5-22-60-24-26-62-27-25-61-23-6-4-9-35(55)29-63-39-11-7-10-36-43(39)47(59)53(46(36)58)38-18-19-41(56)50-45(38)57/h7,10-15,20-21,28,38H,3-6,8-9,16-19,22-27,29H2,1-2H3,(H,50,56,57). The Balaban J connectivity index is 0.703. The number of Topliss-reactive ketones (excluding diaryl/α,β-unsaturated/α-hetero) is 2. The predicted molar refractivity (Wildman–Crippen MR) is 230 cm³/mol. The van der Waals surface area contributed by atoms with Crippen molar-refractivity contribution in [2.24, 2.45) is 0 Å². The highest BCUT2D eigenvalue weighted by molar-refractivity contribution is 6.24. The van der Waals surface area contributed by atoms with Crippen LogP contribution in [0, 0.1) is 13.8 Å². The van der Waals surface area contributed by atoms with Crippen LogP contribution in [-0.2, 0) is 39.8 Å². The lowest BCUT2D eigenvalue weighted by atomic mass is 10.00. The zero-order chi connectivity index (χ0) is 45.0. The molecular weight excluding hydrogens is 825 g/mol. The van der Waals surface area contributed by atoms with Crippen LogP contribution in [-0.4, -0.2) is 112 Å². The topological polar surface area (TPSA) is 211 Å². The molecule has 2 aliphatic rings. The summed E-state index contributed by atoms with van der Waals surface area (Å²) in [5.41, 5.74) is 6.44. The second-order valence-electron chi connectivity index (χ2n) is 15.7. The number of hydrogen-bond donors (Lipinski definition) is 1. The third-order valence-electron chi connectivity index (χ3n) is 11.2. The minimum Gasteiger partial charge on any atom is -0.485 e. The van der Waals surface area contributed by atoms with Gasteiger partial charge in [0.15, 0.2) is 11.4 Å². The van der Waals surface area contributed by atoms with Crippen molar-refractivity contribution >= 4 is 40.8 Å². The summed E-state index contributed by atoms with van der Waals surface area (Å²) in [5, 5.41) is 6.24. The quantitative estimate of drug-likeness (QED) is 0.0558. The summed E-state index contributed by atoms with van der Waals surface area (Å²) in [6.45, 7) is 6.24. The molecule has 2 aromatic carbocycles. The third-order valence-corrected chi connectivity index (χ3v) is 11.2. The number of imide groups is 2. The lowest BCUT2D eigenvalue weighted by Crippen LogP contribution is -2.54. The molecule has 1 saturated heterocycles. The number of carbonyl (C=O) groups is 6. The minimum atomic E-state index is -1.09. The molecule has 7 rings (SSSR count). The van der Waals surface area contributed by atoms with Crippen LogP contribution in [0.2, 0.25) is 0 Å². The molecule has 336 valence electrons. The number of hydrogen-bond acceptors (Lipinski definition) is 14. The lowest BCUT2D eigenvalue weighted by Gasteiger charge is -2.27. The van der Waals surface area contributed by atoms with Gasteiger partial charge in [-0.1, -0.05) is 35.5 Å². The number of rotatable bonds is 25. The van der Waals surface area contributed by atoms with Crippen LogP contribution in [0.3, 0.4) is 0 Å². The molecule has 4 amide bonds. The van der Waals surface area contributed by atoms with Gasteiger partial charge in [0.2, 0.25) is 11.8 Å². The van der Waals surface area contributed by atoms with E-state index < -0.39 is 29.7 Å². The number of unbranched alkanes of at least 4 members (excludes halogenated alkanes) is 2. The summed E-state index contributed by atoms with van der Waals surface area (Å²) in [6.07, 6.45) is 9.84. The van der Waals surface area contributed by atoms with E-state index in [2.05, 4.69) is 15.5 Å². The average molecular weight is 877 g/mol. The number of amides is 4. The zero-order valence-corrected chi connectivity index (χ0v) is 36.1. The fourth-order valence-corrected chi connectivity index (χ4v) is 7.93. The number of aromatic nitrogens is 4. The molecule has 64 heavy (non-hydrogen) atoms. The second-order valence-corrected chi connectivity index (χ2v) is 15.7. The highest BCUT2D eigenvalue weighted by Crippen LogP contribution is 2.34. The Bertz CT molecular complexity index is 2470. The molecule has 1 fully saturated rings. The van der Waals surface area contributed by atoms with Crippen LogP contribution in [0.1, 0.15) is 95.7 Å². The summed E-state index contributed by atoms with van der Waals surface area (Å²) < 4.78 is 29.9. The first-order chi connectivity index (χ1) is 31.1. The van der Waals surface area contributed by atoms with Crippen LogP contribution >= 0.6 is 0 Å². The van der Waals surface area contributed by atoms with Gasteiger partial charge in [-0.05, 0) is 70.1 Å². The van der Waals surface area contributed by atoms with Crippen molar-refractivity contribution in [3.05, 3.63) is 89.3 Å². The van der Waals surface area contributed by atoms with Gasteiger partial charge in [-0.25, -0.2) is 4.98 Å². The lowest BCUT2D eigenvalue weighted by molar-refractivity contribution is -0.136.